The van der Waals surface area contributed by atoms with Crippen molar-refractivity contribution >= 4 is 41.2 Å². The van der Waals surface area contributed by atoms with Crippen LogP contribution in [0.4, 0.5) is 5.69 Å². The molecule has 10 heteroatoms. The number of ether oxygens (including phenoxy) is 1. The Labute approximate surface area is 174 Å². The van der Waals surface area contributed by atoms with Crippen LogP contribution in [0.15, 0.2) is 80.2 Å². The molecule has 3 rings (SSSR count). The smallest absolute Gasteiger partial charge is 0.310 e. The maximum Gasteiger partial charge on any atom is 0.310 e. The lowest BCUT2D eigenvalue weighted by Crippen LogP contribution is -2.24. The van der Waals surface area contributed by atoms with Crippen molar-refractivity contribution in [3.63, 3.8) is 0 Å². The summed E-state index contributed by atoms with van der Waals surface area (Å²) in [5, 5.41) is 16.0. The van der Waals surface area contributed by atoms with Gasteiger partial charge in [-0.3, -0.25) is 14.9 Å². The number of nitrogens with zero attached hydrogens (tertiary/aromatic N) is 2. The van der Waals surface area contributed by atoms with Crippen molar-refractivity contribution in [1.29, 1.82) is 0 Å². The number of nitro benzene ring substituents is 1. The highest BCUT2D eigenvalue weighted by atomic mass is 35.5. The van der Waals surface area contributed by atoms with Crippen LogP contribution in [0.5, 0.6) is 5.75 Å². The van der Waals surface area contributed by atoms with Crippen LogP contribution in [-0.4, -0.2) is 23.7 Å². The van der Waals surface area contributed by atoms with Crippen molar-refractivity contribution in [2.45, 2.75) is 9.99 Å². The average Bonchev–Trinajstić information content (AvgIpc) is 3.15. The van der Waals surface area contributed by atoms with Crippen LogP contribution in [-0.2, 0) is 4.79 Å². The molecule has 1 aromatic heterocycles. The van der Waals surface area contributed by atoms with Gasteiger partial charge in [0.2, 0.25) is 0 Å². The number of halogens is 1. The molecule has 2 aromatic carbocycles. The van der Waals surface area contributed by atoms with Crippen molar-refractivity contribution in [3.8, 4) is 5.75 Å². The van der Waals surface area contributed by atoms with Crippen LogP contribution < -0.4 is 10.2 Å². The SMILES string of the molecule is O=C(COc1ccccc1[N+](=O)[O-])N/N=C/c1ccc(Sc2ccc(Cl)cc2)o1. The lowest BCUT2D eigenvalue weighted by molar-refractivity contribution is -0.385. The van der Waals surface area contributed by atoms with E-state index in [2.05, 4.69) is 10.5 Å². The molecule has 0 aliphatic heterocycles. The van der Waals surface area contributed by atoms with Gasteiger partial charge in [-0.25, -0.2) is 5.43 Å². The largest absolute Gasteiger partial charge is 0.477 e. The fourth-order valence-electron chi connectivity index (χ4n) is 2.15. The third-order valence-electron chi connectivity index (χ3n) is 3.44. The normalized spacial score (nSPS) is 10.8. The number of hydrogen-bond acceptors (Lipinski definition) is 7. The van der Waals surface area contributed by atoms with Gasteiger partial charge in [-0.1, -0.05) is 35.5 Å². The number of rotatable bonds is 8. The molecule has 148 valence electrons. The van der Waals surface area contributed by atoms with Gasteiger partial charge in [0.1, 0.15) is 5.76 Å². The number of hydrogen-bond donors (Lipinski definition) is 1. The van der Waals surface area contributed by atoms with Gasteiger partial charge in [-0.15, -0.1) is 0 Å². The molecule has 0 saturated heterocycles. The Morgan fingerprint density at radius 3 is 2.72 bits per heavy atom. The maximum absolute atomic E-state index is 11.8. The molecule has 8 nitrogen and oxygen atoms in total. The van der Waals surface area contributed by atoms with E-state index in [9.17, 15) is 14.9 Å². The molecule has 0 atom stereocenters. The zero-order valence-electron chi connectivity index (χ0n) is 14.8. The quantitative estimate of drug-likeness (QED) is 0.319. The Morgan fingerprint density at radius 1 is 1.21 bits per heavy atom. The molecule has 0 aliphatic rings. The van der Waals surface area contributed by atoms with Crippen LogP contribution in [0.25, 0.3) is 0 Å². The molecule has 1 amide bonds. The molecule has 0 fully saturated rings. The highest BCUT2D eigenvalue weighted by Crippen LogP contribution is 2.29. The minimum atomic E-state index is -0.581. The van der Waals surface area contributed by atoms with E-state index in [4.69, 9.17) is 20.8 Å². The second-order valence-corrected chi connectivity index (χ2v) is 7.03. The molecule has 0 unspecified atom stereocenters. The van der Waals surface area contributed by atoms with Gasteiger partial charge in [0, 0.05) is 16.0 Å². The third-order valence-corrected chi connectivity index (χ3v) is 4.62. The standard InChI is InChI=1S/C19H14ClN3O5S/c20-13-5-8-15(9-6-13)29-19-10-7-14(28-19)11-21-22-18(24)12-27-17-4-2-1-3-16(17)23(25)26/h1-11H,12H2,(H,22,24)/b21-11+. The molecule has 1 heterocycles. The Bertz CT molecular complexity index is 1040. The van der Waals surface area contributed by atoms with E-state index in [1.54, 1.807) is 30.3 Å². The first kappa shape index (κ1) is 20.4. The Kier molecular flexibility index (Phi) is 6.88. The number of benzene rings is 2. The molecule has 0 spiro atoms. The first-order valence-corrected chi connectivity index (χ1v) is 9.42. The summed E-state index contributed by atoms with van der Waals surface area (Å²) in [6.45, 7) is -0.419. The second kappa shape index (κ2) is 9.76. The number of nitrogens with one attached hydrogen (secondary N) is 1. The zero-order chi connectivity index (χ0) is 20.6. The van der Waals surface area contributed by atoms with E-state index < -0.39 is 17.4 Å². The van der Waals surface area contributed by atoms with Gasteiger partial charge in [-0.2, -0.15) is 5.10 Å². The first-order chi connectivity index (χ1) is 14.0. The number of amides is 1. The van der Waals surface area contributed by atoms with Gasteiger partial charge < -0.3 is 9.15 Å². The molecule has 0 radical (unpaired) electrons. The molecular formula is C19H14ClN3O5S. The number of para-hydroxylation sites is 2. The summed E-state index contributed by atoms with van der Waals surface area (Å²) in [6, 6.07) is 16.6. The van der Waals surface area contributed by atoms with E-state index in [1.807, 2.05) is 12.1 Å². The van der Waals surface area contributed by atoms with Gasteiger partial charge in [0.15, 0.2) is 17.4 Å². The van der Waals surface area contributed by atoms with Crippen LogP contribution >= 0.6 is 23.4 Å². The summed E-state index contributed by atoms with van der Waals surface area (Å²) in [6.07, 6.45) is 1.34. The molecular weight excluding hydrogens is 418 g/mol. The minimum absolute atomic E-state index is 0.00605. The molecule has 1 N–H and O–H groups in total. The van der Waals surface area contributed by atoms with Gasteiger partial charge in [0.25, 0.3) is 5.91 Å². The van der Waals surface area contributed by atoms with Crippen molar-refractivity contribution in [2.24, 2.45) is 5.10 Å². The Hall–Kier alpha value is -3.30. The monoisotopic (exact) mass is 431 g/mol. The molecule has 29 heavy (non-hydrogen) atoms. The number of nitro groups is 1. The fourth-order valence-corrected chi connectivity index (χ4v) is 3.06. The van der Waals surface area contributed by atoms with E-state index in [0.29, 0.717) is 15.9 Å². The lowest BCUT2D eigenvalue weighted by atomic mass is 10.3. The highest BCUT2D eigenvalue weighted by molar-refractivity contribution is 7.99. The summed E-state index contributed by atoms with van der Waals surface area (Å²) < 4.78 is 10.8. The number of hydrazone groups is 1. The first-order valence-electron chi connectivity index (χ1n) is 8.22. The third kappa shape index (κ3) is 6.09. The predicted octanol–water partition coefficient (Wildman–Crippen LogP) is 4.52. The minimum Gasteiger partial charge on any atom is -0.477 e. The number of carbonyl (C=O) groups excluding carboxylic acids is 1. The Morgan fingerprint density at radius 2 is 1.97 bits per heavy atom. The summed E-state index contributed by atoms with van der Waals surface area (Å²) in [5.74, 6) is -0.116. The summed E-state index contributed by atoms with van der Waals surface area (Å²) in [7, 11) is 0. The van der Waals surface area contributed by atoms with Crippen molar-refractivity contribution in [2.75, 3.05) is 6.61 Å². The van der Waals surface area contributed by atoms with E-state index >= 15 is 0 Å². The average molecular weight is 432 g/mol. The molecule has 0 saturated carbocycles. The summed E-state index contributed by atoms with van der Waals surface area (Å²) >= 11 is 7.27. The Balaban J connectivity index is 1.49. The van der Waals surface area contributed by atoms with Gasteiger partial charge in [-0.05, 0) is 42.5 Å². The van der Waals surface area contributed by atoms with E-state index in [1.165, 1.54) is 36.2 Å². The summed E-state index contributed by atoms with van der Waals surface area (Å²) in [4.78, 5) is 23.1. The number of furan rings is 1. The second-order valence-electron chi connectivity index (χ2n) is 5.52. The van der Waals surface area contributed by atoms with Crippen molar-refractivity contribution < 1.29 is 18.9 Å². The van der Waals surface area contributed by atoms with Crippen LogP contribution in [0.2, 0.25) is 5.02 Å². The molecule has 0 aliphatic carbocycles. The van der Waals surface area contributed by atoms with Crippen LogP contribution in [0.3, 0.4) is 0 Å². The van der Waals surface area contributed by atoms with Crippen molar-refractivity contribution in [1.82, 2.24) is 5.43 Å². The molecule has 3 aromatic rings. The van der Waals surface area contributed by atoms with Gasteiger partial charge in [0.05, 0.1) is 11.1 Å². The fraction of sp³-hybridized carbons (Fsp3) is 0.0526. The zero-order valence-corrected chi connectivity index (χ0v) is 16.4. The van der Waals surface area contributed by atoms with Crippen LogP contribution in [0, 0.1) is 10.1 Å². The number of carbonyl (C=O) groups is 1. The van der Waals surface area contributed by atoms with Crippen molar-refractivity contribution in [3.05, 3.63) is 81.6 Å². The van der Waals surface area contributed by atoms with Gasteiger partial charge >= 0.3 is 5.69 Å². The van der Waals surface area contributed by atoms with E-state index in [-0.39, 0.29) is 11.4 Å². The predicted molar refractivity (Wildman–Crippen MR) is 109 cm³/mol. The lowest BCUT2D eigenvalue weighted by Gasteiger charge is -2.05. The maximum atomic E-state index is 11.8. The van der Waals surface area contributed by atoms with E-state index in [0.717, 1.165) is 4.90 Å². The topological polar surface area (TPSA) is 107 Å². The molecule has 0 bridgehead atoms. The van der Waals surface area contributed by atoms with Crippen LogP contribution in [0.1, 0.15) is 5.76 Å². The highest BCUT2D eigenvalue weighted by Gasteiger charge is 2.14. The summed E-state index contributed by atoms with van der Waals surface area (Å²) in [5.41, 5.74) is 2.05.